The molecule has 1 aromatic rings. The van der Waals surface area contributed by atoms with Gasteiger partial charge in [-0.25, -0.2) is 13.8 Å². The Morgan fingerprint density at radius 1 is 1.44 bits per heavy atom. The molecule has 3 nitrogen and oxygen atoms in total. The number of nitriles is 1. The first-order valence-corrected chi connectivity index (χ1v) is 5.55. The van der Waals surface area contributed by atoms with Crippen LogP contribution in [0.3, 0.4) is 0 Å². The van der Waals surface area contributed by atoms with E-state index in [9.17, 15) is 8.78 Å². The summed E-state index contributed by atoms with van der Waals surface area (Å²) in [5.74, 6) is -1.93. The molecule has 16 heavy (non-hydrogen) atoms. The van der Waals surface area contributed by atoms with Gasteiger partial charge in [0.25, 0.3) is 0 Å². The summed E-state index contributed by atoms with van der Waals surface area (Å²) in [6.07, 6.45) is 3.34. The number of rotatable bonds is 1. The first-order valence-electron chi connectivity index (χ1n) is 4.32. The number of nitrogens with zero attached hydrogens (tertiary/aromatic N) is 2. The van der Waals surface area contributed by atoms with Crippen molar-refractivity contribution in [3.63, 3.8) is 0 Å². The zero-order valence-corrected chi connectivity index (χ0v) is 9.53. The van der Waals surface area contributed by atoms with Crippen molar-refractivity contribution in [3.05, 3.63) is 29.3 Å². The molecule has 1 rings (SSSR count). The molecule has 6 heteroatoms. The Bertz CT molecular complexity index is 466. The van der Waals surface area contributed by atoms with Crippen LogP contribution < -0.4 is 5.32 Å². The van der Waals surface area contributed by atoms with Crippen molar-refractivity contribution >= 4 is 22.6 Å². The molecule has 0 aliphatic rings. The van der Waals surface area contributed by atoms with Gasteiger partial charge in [0, 0.05) is 0 Å². The monoisotopic (exact) mass is 241 g/mol. The van der Waals surface area contributed by atoms with Gasteiger partial charge < -0.3 is 0 Å². The average molecular weight is 241 g/mol. The van der Waals surface area contributed by atoms with E-state index in [1.165, 1.54) is 19.1 Å². The van der Waals surface area contributed by atoms with Gasteiger partial charge in [-0.1, -0.05) is 17.8 Å². The molecule has 0 heterocycles. The molecule has 0 spiro atoms. The van der Waals surface area contributed by atoms with E-state index >= 15 is 0 Å². The van der Waals surface area contributed by atoms with Gasteiger partial charge in [-0.05, 0) is 24.8 Å². The summed E-state index contributed by atoms with van der Waals surface area (Å²) < 4.78 is 26.6. The van der Waals surface area contributed by atoms with Crippen molar-refractivity contribution in [3.8, 4) is 6.19 Å². The summed E-state index contributed by atoms with van der Waals surface area (Å²) >= 11 is 1.14. The number of thioether (sulfide) groups is 1. The van der Waals surface area contributed by atoms with Crippen LogP contribution in [0, 0.1) is 30.0 Å². The SMILES string of the molecule is CSC(=Nc1ccc(C)c(F)c1F)NC#N. The van der Waals surface area contributed by atoms with Crippen molar-refractivity contribution in [2.24, 2.45) is 4.99 Å². The molecule has 0 unspecified atom stereocenters. The highest BCUT2D eigenvalue weighted by Crippen LogP contribution is 2.23. The molecule has 0 atom stereocenters. The van der Waals surface area contributed by atoms with Crippen LogP contribution in [0.4, 0.5) is 14.5 Å². The van der Waals surface area contributed by atoms with Crippen molar-refractivity contribution < 1.29 is 8.78 Å². The summed E-state index contributed by atoms with van der Waals surface area (Å²) in [4.78, 5) is 3.80. The van der Waals surface area contributed by atoms with Crippen LogP contribution in [-0.2, 0) is 0 Å². The van der Waals surface area contributed by atoms with Crippen molar-refractivity contribution in [1.29, 1.82) is 5.26 Å². The standard InChI is InChI=1S/C10H9F2N3S/c1-6-3-4-7(9(12)8(6)11)15-10(16-2)14-5-13/h3-4H,1-2H3,(H,14,15). The van der Waals surface area contributed by atoms with Crippen LogP contribution >= 0.6 is 11.8 Å². The Labute approximate surface area is 96.2 Å². The molecule has 0 amide bonds. The predicted molar refractivity (Wildman–Crippen MR) is 60.5 cm³/mol. The highest BCUT2D eigenvalue weighted by molar-refractivity contribution is 8.13. The largest absolute Gasteiger partial charge is 0.271 e. The maximum atomic E-state index is 13.4. The Kier molecular flexibility index (Phi) is 4.26. The second-order valence-corrected chi connectivity index (χ2v) is 3.68. The Balaban J connectivity index is 3.15. The Morgan fingerprint density at radius 2 is 2.12 bits per heavy atom. The van der Waals surface area contributed by atoms with Crippen molar-refractivity contribution in [2.75, 3.05) is 6.26 Å². The van der Waals surface area contributed by atoms with Crippen LogP contribution in [0.25, 0.3) is 0 Å². The third-order valence-corrected chi connectivity index (χ3v) is 2.41. The molecule has 0 radical (unpaired) electrons. The topological polar surface area (TPSA) is 48.2 Å². The van der Waals surface area contributed by atoms with E-state index < -0.39 is 11.6 Å². The van der Waals surface area contributed by atoms with E-state index in [1.54, 1.807) is 12.4 Å². The molecule has 1 N–H and O–H groups in total. The minimum atomic E-state index is -1.01. The Morgan fingerprint density at radius 3 is 2.69 bits per heavy atom. The smallest absolute Gasteiger partial charge is 0.184 e. The molecule has 84 valence electrons. The minimum absolute atomic E-state index is 0.129. The number of halogens is 2. The van der Waals surface area contributed by atoms with Crippen LogP contribution in [0.1, 0.15) is 5.56 Å². The molecule has 1 aromatic carbocycles. The van der Waals surface area contributed by atoms with Crippen molar-refractivity contribution in [1.82, 2.24) is 5.32 Å². The van der Waals surface area contributed by atoms with Crippen LogP contribution in [-0.4, -0.2) is 11.4 Å². The molecule has 0 saturated carbocycles. The zero-order chi connectivity index (χ0) is 12.1. The van der Waals surface area contributed by atoms with E-state index in [0.29, 0.717) is 0 Å². The van der Waals surface area contributed by atoms with Gasteiger partial charge in [-0.15, -0.1) is 0 Å². The van der Waals surface area contributed by atoms with Crippen molar-refractivity contribution in [2.45, 2.75) is 6.92 Å². The van der Waals surface area contributed by atoms with Gasteiger partial charge in [0.05, 0.1) is 0 Å². The average Bonchev–Trinajstić information content (AvgIpc) is 2.29. The zero-order valence-electron chi connectivity index (χ0n) is 8.71. The van der Waals surface area contributed by atoms with E-state index in [0.717, 1.165) is 11.8 Å². The number of hydrogen-bond donors (Lipinski definition) is 1. The number of amidine groups is 1. The van der Waals surface area contributed by atoms with Gasteiger partial charge in [-0.3, -0.25) is 5.32 Å². The summed E-state index contributed by atoms with van der Waals surface area (Å²) in [6, 6.07) is 2.80. The van der Waals surface area contributed by atoms with E-state index in [-0.39, 0.29) is 16.4 Å². The minimum Gasteiger partial charge on any atom is -0.271 e. The lowest BCUT2D eigenvalue weighted by Gasteiger charge is -2.03. The van der Waals surface area contributed by atoms with Crippen LogP contribution in [0.15, 0.2) is 17.1 Å². The van der Waals surface area contributed by atoms with E-state index in [4.69, 9.17) is 5.26 Å². The first-order chi connectivity index (χ1) is 7.60. The lowest BCUT2D eigenvalue weighted by Crippen LogP contribution is -2.12. The number of benzene rings is 1. The van der Waals surface area contributed by atoms with Gasteiger partial charge >= 0.3 is 0 Å². The fourth-order valence-corrected chi connectivity index (χ4v) is 1.34. The summed E-state index contributed by atoms with van der Waals surface area (Å²) in [5, 5.41) is 10.9. The van der Waals surface area contributed by atoms with Gasteiger partial charge in [0.15, 0.2) is 23.0 Å². The maximum absolute atomic E-state index is 13.4. The van der Waals surface area contributed by atoms with Gasteiger partial charge in [-0.2, -0.15) is 5.26 Å². The number of aryl methyl sites for hydroxylation is 1. The predicted octanol–water partition coefficient (Wildman–Crippen LogP) is 2.69. The summed E-state index contributed by atoms with van der Waals surface area (Å²) in [7, 11) is 0. The first kappa shape index (κ1) is 12.5. The maximum Gasteiger partial charge on any atom is 0.184 e. The third kappa shape index (κ3) is 2.70. The van der Waals surface area contributed by atoms with Gasteiger partial charge in [0.2, 0.25) is 0 Å². The summed E-state index contributed by atoms with van der Waals surface area (Å²) in [5.41, 5.74) is 0.0885. The number of hydrogen-bond acceptors (Lipinski definition) is 3. The second-order valence-electron chi connectivity index (χ2n) is 2.89. The highest BCUT2D eigenvalue weighted by Gasteiger charge is 2.10. The van der Waals surface area contributed by atoms with E-state index in [2.05, 4.69) is 10.3 Å². The third-order valence-electron chi connectivity index (χ3n) is 1.83. The molecule has 0 aliphatic heterocycles. The van der Waals surface area contributed by atoms with Gasteiger partial charge in [0.1, 0.15) is 5.69 Å². The number of aliphatic imine (C=N–C) groups is 1. The highest BCUT2D eigenvalue weighted by atomic mass is 32.2. The molecular formula is C10H9F2N3S. The van der Waals surface area contributed by atoms with E-state index in [1.807, 2.05) is 0 Å². The van der Waals surface area contributed by atoms with Crippen LogP contribution in [0.2, 0.25) is 0 Å². The lowest BCUT2D eigenvalue weighted by molar-refractivity contribution is 0.505. The fourth-order valence-electron chi connectivity index (χ4n) is 1.00. The molecule has 0 aromatic heterocycles. The molecule has 0 saturated heterocycles. The summed E-state index contributed by atoms with van der Waals surface area (Å²) in [6.45, 7) is 1.47. The molecule has 0 aliphatic carbocycles. The lowest BCUT2D eigenvalue weighted by atomic mass is 10.2. The molecule has 0 fully saturated rings. The number of nitrogens with one attached hydrogen (secondary N) is 1. The normalized spacial score (nSPS) is 11.1. The Hall–Kier alpha value is -1.61. The molecule has 0 bridgehead atoms. The van der Waals surface area contributed by atoms with Crippen LogP contribution in [0.5, 0.6) is 0 Å². The molecular weight excluding hydrogens is 232 g/mol. The second kappa shape index (κ2) is 5.47. The fraction of sp³-hybridized carbons (Fsp3) is 0.200. The quantitative estimate of drug-likeness (QED) is 0.356.